The molecule has 0 N–H and O–H groups in total. The van der Waals surface area contributed by atoms with Crippen LogP contribution in [-0.4, -0.2) is 56.8 Å². The van der Waals surface area contributed by atoms with Crippen molar-refractivity contribution in [2.75, 3.05) is 24.5 Å². The van der Waals surface area contributed by atoms with Crippen LogP contribution in [0.15, 0.2) is 29.1 Å². The molecule has 3 heterocycles. The number of nitrogens with zero attached hydrogens (tertiary/aromatic N) is 5. The van der Waals surface area contributed by atoms with Gasteiger partial charge in [0.05, 0.1) is 11.1 Å². The first-order valence-electron chi connectivity index (χ1n) is 12.7. The van der Waals surface area contributed by atoms with Crippen LogP contribution in [0, 0.1) is 13.8 Å². The number of halogens is 1. The molecule has 0 bridgehead atoms. The van der Waals surface area contributed by atoms with E-state index in [0.29, 0.717) is 36.3 Å². The van der Waals surface area contributed by atoms with Crippen molar-refractivity contribution < 1.29 is 9.53 Å². The Labute approximate surface area is 223 Å². The molecule has 1 amide bonds. The van der Waals surface area contributed by atoms with Gasteiger partial charge in [-0.05, 0) is 70.2 Å². The number of hydrogen-bond acceptors (Lipinski definition) is 6. The summed E-state index contributed by atoms with van der Waals surface area (Å²) in [4.78, 5) is 39.5. The topological polar surface area (TPSA) is 80.6 Å². The summed E-state index contributed by atoms with van der Waals surface area (Å²) in [5.41, 5.74) is 3.10. The van der Waals surface area contributed by atoms with E-state index in [4.69, 9.17) is 21.3 Å². The van der Waals surface area contributed by atoms with Crippen molar-refractivity contribution in [2.45, 2.75) is 73.0 Å². The fourth-order valence-electron chi connectivity index (χ4n) is 4.85. The molecule has 1 atom stereocenters. The van der Waals surface area contributed by atoms with Crippen LogP contribution in [0.4, 0.5) is 10.6 Å². The van der Waals surface area contributed by atoms with Gasteiger partial charge in [0.15, 0.2) is 5.65 Å². The quantitative estimate of drug-likeness (QED) is 0.413. The maximum atomic E-state index is 13.7. The number of aromatic nitrogens is 3. The van der Waals surface area contributed by atoms with E-state index < -0.39 is 11.3 Å². The zero-order valence-electron chi connectivity index (χ0n) is 22.9. The van der Waals surface area contributed by atoms with Gasteiger partial charge in [-0.3, -0.25) is 0 Å². The molecule has 2 aromatic heterocycles. The molecule has 0 spiro atoms. The molecule has 1 saturated heterocycles. The highest BCUT2D eigenvalue weighted by atomic mass is 35.5. The average molecular weight is 526 g/mol. The van der Waals surface area contributed by atoms with Crippen LogP contribution in [0.25, 0.3) is 16.7 Å². The molecule has 1 aromatic carbocycles. The van der Waals surface area contributed by atoms with Crippen molar-refractivity contribution >= 4 is 34.5 Å². The number of benzene rings is 1. The van der Waals surface area contributed by atoms with Crippen molar-refractivity contribution in [3.63, 3.8) is 0 Å². The maximum Gasteiger partial charge on any atom is 0.410 e. The van der Waals surface area contributed by atoms with Crippen molar-refractivity contribution in [2.24, 2.45) is 0 Å². The van der Waals surface area contributed by atoms with Crippen molar-refractivity contribution in [3.05, 3.63) is 56.6 Å². The average Bonchev–Trinajstić information content (AvgIpc) is 2.79. The molecule has 9 heteroatoms. The number of aryl methyl sites for hydroxylation is 2. The summed E-state index contributed by atoms with van der Waals surface area (Å²) in [6.07, 6.45) is -0.336. The third-order valence-electron chi connectivity index (χ3n) is 6.64. The standard InChI is InChI=1S/C28H36ClN5O3/c1-16(2)20-11-9-10-17(3)22(20)34-25-21(14-18(4)23(29)30-25)24(31-26(34)35)33-13-12-32(15-19(33)5)27(36)37-28(6,7)8/h9-11,14,16,19H,12-13,15H2,1-8H3/t19-/m0/s1. The lowest BCUT2D eigenvalue weighted by atomic mass is 9.98. The largest absolute Gasteiger partial charge is 0.444 e. The molecule has 0 saturated carbocycles. The third-order valence-corrected chi connectivity index (χ3v) is 7.03. The fourth-order valence-corrected chi connectivity index (χ4v) is 4.98. The summed E-state index contributed by atoms with van der Waals surface area (Å²) in [6.45, 7) is 17.1. The lowest BCUT2D eigenvalue weighted by Gasteiger charge is -2.41. The molecule has 3 aromatic rings. The van der Waals surface area contributed by atoms with Gasteiger partial charge in [-0.25, -0.2) is 19.1 Å². The summed E-state index contributed by atoms with van der Waals surface area (Å²) in [6, 6.07) is 7.88. The number of hydrogen-bond donors (Lipinski definition) is 0. The van der Waals surface area contributed by atoms with Crippen LogP contribution in [0.3, 0.4) is 0 Å². The molecular weight excluding hydrogens is 490 g/mol. The molecule has 4 rings (SSSR count). The van der Waals surface area contributed by atoms with Crippen molar-refractivity contribution in [1.29, 1.82) is 0 Å². The Morgan fingerprint density at radius 3 is 2.46 bits per heavy atom. The first kappa shape index (κ1) is 26.9. The van der Waals surface area contributed by atoms with Crippen LogP contribution in [0.1, 0.15) is 64.2 Å². The molecule has 1 aliphatic heterocycles. The number of carbonyl (C=O) groups is 1. The Hall–Kier alpha value is -3.13. The molecule has 0 aliphatic carbocycles. The Balaban J connectivity index is 1.85. The molecule has 1 fully saturated rings. The predicted octanol–water partition coefficient (Wildman–Crippen LogP) is 5.62. The number of rotatable bonds is 3. The van der Waals surface area contributed by atoms with Gasteiger partial charge in [-0.2, -0.15) is 4.98 Å². The number of piperazine rings is 1. The van der Waals surface area contributed by atoms with E-state index in [9.17, 15) is 9.59 Å². The van der Waals surface area contributed by atoms with E-state index in [1.807, 2.05) is 65.8 Å². The second-order valence-corrected chi connectivity index (χ2v) is 11.5. The van der Waals surface area contributed by atoms with E-state index in [1.165, 1.54) is 0 Å². The molecular formula is C28H36ClN5O3. The Morgan fingerprint density at radius 2 is 1.84 bits per heavy atom. The van der Waals surface area contributed by atoms with Crippen LogP contribution >= 0.6 is 11.6 Å². The molecule has 37 heavy (non-hydrogen) atoms. The normalized spacial score (nSPS) is 16.5. The first-order valence-corrected chi connectivity index (χ1v) is 13.1. The van der Waals surface area contributed by atoms with Gasteiger partial charge in [0, 0.05) is 25.7 Å². The van der Waals surface area contributed by atoms with E-state index in [2.05, 4.69) is 23.7 Å². The maximum absolute atomic E-state index is 13.7. The van der Waals surface area contributed by atoms with Crippen LogP contribution in [0.2, 0.25) is 5.15 Å². The van der Waals surface area contributed by atoms with Gasteiger partial charge < -0.3 is 14.5 Å². The van der Waals surface area contributed by atoms with Gasteiger partial charge in [-0.1, -0.05) is 43.6 Å². The predicted molar refractivity (Wildman–Crippen MR) is 148 cm³/mol. The molecule has 8 nitrogen and oxygen atoms in total. The monoisotopic (exact) mass is 525 g/mol. The lowest BCUT2D eigenvalue weighted by molar-refractivity contribution is 0.0218. The zero-order chi connectivity index (χ0) is 27.2. The number of anilines is 1. The van der Waals surface area contributed by atoms with Gasteiger partial charge in [0.25, 0.3) is 0 Å². The number of para-hydroxylation sites is 1. The Morgan fingerprint density at radius 1 is 1.14 bits per heavy atom. The van der Waals surface area contributed by atoms with E-state index >= 15 is 0 Å². The van der Waals surface area contributed by atoms with E-state index in [0.717, 1.165) is 27.8 Å². The van der Waals surface area contributed by atoms with Gasteiger partial charge in [0.1, 0.15) is 16.6 Å². The number of ether oxygens (including phenoxy) is 1. The van der Waals surface area contributed by atoms with Gasteiger partial charge >= 0.3 is 11.8 Å². The summed E-state index contributed by atoms with van der Waals surface area (Å²) in [5, 5.41) is 1.09. The molecule has 1 aliphatic rings. The second-order valence-electron chi connectivity index (χ2n) is 11.2. The van der Waals surface area contributed by atoms with Gasteiger partial charge in [0.2, 0.25) is 0 Å². The number of carbonyl (C=O) groups excluding carboxylic acids is 1. The fraction of sp³-hybridized carbons (Fsp3) is 0.500. The summed E-state index contributed by atoms with van der Waals surface area (Å²) >= 11 is 6.50. The minimum atomic E-state index is -0.563. The lowest BCUT2D eigenvalue weighted by Crippen LogP contribution is -2.55. The minimum absolute atomic E-state index is 0.0899. The molecule has 0 unspecified atom stereocenters. The SMILES string of the molecule is Cc1cc2c(N3CCN(C(=O)OC(C)(C)C)C[C@@H]3C)nc(=O)n(-c3c(C)cccc3C(C)C)c2nc1Cl. The molecule has 198 valence electrons. The Bertz CT molecular complexity index is 1410. The smallest absolute Gasteiger partial charge is 0.410 e. The van der Waals surface area contributed by atoms with Crippen molar-refractivity contribution in [3.8, 4) is 5.69 Å². The molecule has 0 radical (unpaired) electrons. The highest BCUT2D eigenvalue weighted by molar-refractivity contribution is 6.30. The van der Waals surface area contributed by atoms with Gasteiger partial charge in [-0.15, -0.1) is 0 Å². The number of fused-ring (bicyclic) bond motifs is 1. The second kappa shape index (κ2) is 9.97. The summed E-state index contributed by atoms with van der Waals surface area (Å²) in [5.74, 6) is 0.748. The van der Waals surface area contributed by atoms with E-state index in [-0.39, 0.29) is 18.1 Å². The van der Waals surface area contributed by atoms with Crippen LogP contribution < -0.4 is 10.6 Å². The zero-order valence-corrected chi connectivity index (χ0v) is 23.7. The highest BCUT2D eigenvalue weighted by Crippen LogP contribution is 2.32. The third kappa shape index (κ3) is 5.30. The Kier molecular flexibility index (Phi) is 7.25. The first-order chi connectivity index (χ1) is 17.3. The minimum Gasteiger partial charge on any atom is -0.444 e. The number of pyridine rings is 1. The van der Waals surface area contributed by atoms with Crippen LogP contribution in [-0.2, 0) is 4.74 Å². The van der Waals surface area contributed by atoms with Crippen LogP contribution in [0.5, 0.6) is 0 Å². The summed E-state index contributed by atoms with van der Waals surface area (Å²) < 4.78 is 7.16. The van der Waals surface area contributed by atoms with E-state index in [1.54, 1.807) is 9.47 Å². The summed E-state index contributed by atoms with van der Waals surface area (Å²) in [7, 11) is 0. The van der Waals surface area contributed by atoms with Crippen molar-refractivity contribution in [1.82, 2.24) is 19.4 Å². The highest BCUT2D eigenvalue weighted by Gasteiger charge is 2.32. The number of amides is 1.